The van der Waals surface area contributed by atoms with Crippen molar-refractivity contribution in [3.05, 3.63) is 35.4 Å². The number of sulfone groups is 1. The Labute approximate surface area is 113 Å². The maximum atomic E-state index is 12.2. The fourth-order valence-corrected chi connectivity index (χ4v) is 4.64. The molecule has 1 aliphatic carbocycles. The van der Waals surface area contributed by atoms with E-state index < -0.39 is 9.84 Å². The third-order valence-corrected chi connectivity index (χ3v) is 6.14. The molecule has 2 fully saturated rings. The predicted octanol–water partition coefficient (Wildman–Crippen LogP) is 2.57. The third kappa shape index (κ3) is 2.59. The molecule has 19 heavy (non-hydrogen) atoms. The molecule has 4 heteroatoms. The molecular formula is C15H18O3S. The van der Waals surface area contributed by atoms with Crippen molar-refractivity contribution in [1.29, 1.82) is 0 Å². The van der Waals surface area contributed by atoms with E-state index in [0.29, 0.717) is 17.9 Å². The lowest BCUT2D eigenvalue weighted by Gasteiger charge is -2.25. The second kappa shape index (κ2) is 4.75. The molecule has 0 N–H and O–H groups in total. The molecule has 102 valence electrons. The Morgan fingerprint density at radius 2 is 1.74 bits per heavy atom. The standard InChI is InChI=1S/C15H18O3S/c16-15(14-8-9-19(17,18)10-14)13-6-4-12(5-7-13)11-2-1-3-11/h4-7,11,14H,1-3,8-10H2. The zero-order chi connectivity index (χ0) is 13.5. The van der Waals surface area contributed by atoms with E-state index in [9.17, 15) is 13.2 Å². The summed E-state index contributed by atoms with van der Waals surface area (Å²) in [7, 11) is -2.99. The molecule has 1 heterocycles. The van der Waals surface area contributed by atoms with Crippen LogP contribution >= 0.6 is 0 Å². The van der Waals surface area contributed by atoms with Gasteiger partial charge in [-0.05, 0) is 30.7 Å². The average molecular weight is 278 g/mol. The monoisotopic (exact) mass is 278 g/mol. The predicted molar refractivity (Wildman–Crippen MR) is 74.1 cm³/mol. The number of rotatable bonds is 3. The molecule has 1 atom stereocenters. The quantitative estimate of drug-likeness (QED) is 0.798. The van der Waals surface area contributed by atoms with Crippen molar-refractivity contribution in [2.24, 2.45) is 5.92 Å². The van der Waals surface area contributed by atoms with E-state index in [-0.39, 0.29) is 23.2 Å². The van der Waals surface area contributed by atoms with Gasteiger partial charge in [0.05, 0.1) is 11.5 Å². The Kier molecular flexibility index (Phi) is 3.21. The van der Waals surface area contributed by atoms with Gasteiger partial charge in [-0.1, -0.05) is 30.7 Å². The highest BCUT2D eigenvalue weighted by Gasteiger charge is 2.33. The maximum Gasteiger partial charge on any atom is 0.166 e. The molecule has 3 nitrogen and oxygen atoms in total. The van der Waals surface area contributed by atoms with Gasteiger partial charge in [-0.15, -0.1) is 0 Å². The Hall–Kier alpha value is -1.16. The van der Waals surface area contributed by atoms with Crippen LogP contribution in [-0.2, 0) is 9.84 Å². The molecule has 1 saturated heterocycles. The summed E-state index contributed by atoms with van der Waals surface area (Å²) in [6.07, 6.45) is 4.26. The van der Waals surface area contributed by atoms with Gasteiger partial charge in [0, 0.05) is 11.5 Å². The third-order valence-electron chi connectivity index (χ3n) is 4.38. The molecule has 0 spiro atoms. The van der Waals surface area contributed by atoms with Crippen LogP contribution in [0.25, 0.3) is 0 Å². The van der Waals surface area contributed by atoms with Crippen molar-refractivity contribution >= 4 is 15.6 Å². The molecule has 1 aliphatic heterocycles. The Morgan fingerprint density at radius 3 is 2.21 bits per heavy atom. The van der Waals surface area contributed by atoms with Crippen LogP contribution in [0, 0.1) is 5.92 Å². The van der Waals surface area contributed by atoms with E-state index in [4.69, 9.17) is 0 Å². The first kappa shape index (κ1) is 12.9. The van der Waals surface area contributed by atoms with E-state index in [1.807, 2.05) is 24.3 Å². The number of Topliss-reactive ketones (excluding diaryl/α,β-unsaturated/α-hetero) is 1. The number of carbonyl (C=O) groups excluding carboxylic acids is 1. The van der Waals surface area contributed by atoms with Crippen molar-refractivity contribution < 1.29 is 13.2 Å². The van der Waals surface area contributed by atoms with Gasteiger partial charge in [0.25, 0.3) is 0 Å². The largest absolute Gasteiger partial charge is 0.294 e. The summed E-state index contributed by atoms with van der Waals surface area (Å²) in [5.74, 6) is 0.497. The fourth-order valence-electron chi connectivity index (χ4n) is 2.90. The fraction of sp³-hybridized carbons (Fsp3) is 0.533. The van der Waals surface area contributed by atoms with Gasteiger partial charge in [0.15, 0.2) is 15.6 Å². The molecule has 0 amide bonds. The molecule has 1 unspecified atom stereocenters. The number of carbonyl (C=O) groups is 1. The Balaban J connectivity index is 1.73. The van der Waals surface area contributed by atoms with Crippen LogP contribution in [0.15, 0.2) is 24.3 Å². The molecule has 2 aliphatic rings. The molecule has 0 aromatic heterocycles. The van der Waals surface area contributed by atoms with E-state index >= 15 is 0 Å². The van der Waals surface area contributed by atoms with Crippen molar-refractivity contribution in [2.75, 3.05) is 11.5 Å². The zero-order valence-corrected chi connectivity index (χ0v) is 11.7. The second-order valence-corrected chi connectivity index (χ2v) is 7.94. The number of hydrogen-bond donors (Lipinski definition) is 0. The molecule has 1 aromatic rings. The van der Waals surface area contributed by atoms with Gasteiger partial charge >= 0.3 is 0 Å². The first-order chi connectivity index (χ1) is 9.05. The van der Waals surface area contributed by atoms with Crippen molar-refractivity contribution in [3.63, 3.8) is 0 Å². The number of ketones is 1. The van der Waals surface area contributed by atoms with E-state index in [2.05, 4.69) is 0 Å². The second-order valence-electron chi connectivity index (χ2n) is 5.71. The van der Waals surface area contributed by atoms with Crippen molar-refractivity contribution in [2.45, 2.75) is 31.6 Å². The first-order valence-electron chi connectivity index (χ1n) is 6.90. The summed E-state index contributed by atoms with van der Waals surface area (Å²) in [6.45, 7) is 0. The van der Waals surface area contributed by atoms with Crippen LogP contribution in [0.2, 0.25) is 0 Å². The minimum absolute atomic E-state index is 0.0127. The van der Waals surface area contributed by atoms with Crippen LogP contribution in [0.4, 0.5) is 0 Å². The lowest BCUT2D eigenvalue weighted by atomic mass is 9.79. The smallest absolute Gasteiger partial charge is 0.166 e. The Bertz CT molecular complexity index is 582. The first-order valence-corrected chi connectivity index (χ1v) is 8.72. The van der Waals surface area contributed by atoms with Crippen molar-refractivity contribution in [1.82, 2.24) is 0 Å². The van der Waals surface area contributed by atoms with E-state index in [1.54, 1.807) is 0 Å². The highest BCUT2D eigenvalue weighted by Crippen LogP contribution is 2.36. The van der Waals surface area contributed by atoms with E-state index in [1.165, 1.54) is 24.8 Å². The highest BCUT2D eigenvalue weighted by molar-refractivity contribution is 7.91. The Morgan fingerprint density at radius 1 is 1.05 bits per heavy atom. The van der Waals surface area contributed by atoms with E-state index in [0.717, 1.165) is 0 Å². The van der Waals surface area contributed by atoms with Crippen LogP contribution in [0.1, 0.15) is 47.5 Å². The maximum absolute atomic E-state index is 12.2. The molecule has 1 aromatic carbocycles. The van der Waals surface area contributed by atoms with Gasteiger partial charge in [-0.25, -0.2) is 8.42 Å². The van der Waals surface area contributed by atoms with Gasteiger partial charge < -0.3 is 0 Å². The molecule has 3 rings (SSSR count). The normalized spacial score (nSPS) is 26.0. The molecule has 0 bridgehead atoms. The molecular weight excluding hydrogens is 260 g/mol. The zero-order valence-electron chi connectivity index (χ0n) is 10.8. The van der Waals surface area contributed by atoms with Crippen LogP contribution in [-0.4, -0.2) is 25.7 Å². The van der Waals surface area contributed by atoms with Crippen LogP contribution < -0.4 is 0 Å². The molecule has 1 saturated carbocycles. The lowest BCUT2D eigenvalue weighted by Crippen LogP contribution is -2.16. The van der Waals surface area contributed by atoms with Crippen molar-refractivity contribution in [3.8, 4) is 0 Å². The summed E-state index contributed by atoms with van der Waals surface area (Å²) < 4.78 is 22.8. The van der Waals surface area contributed by atoms with Gasteiger partial charge in [-0.3, -0.25) is 4.79 Å². The minimum atomic E-state index is -2.99. The van der Waals surface area contributed by atoms with Gasteiger partial charge in [0.2, 0.25) is 0 Å². The lowest BCUT2D eigenvalue weighted by molar-refractivity contribution is 0.0933. The summed E-state index contributed by atoms with van der Waals surface area (Å²) in [4.78, 5) is 12.2. The molecule has 0 radical (unpaired) electrons. The minimum Gasteiger partial charge on any atom is -0.294 e. The summed E-state index contributed by atoms with van der Waals surface area (Å²) >= 11 is 0. The number of hydrogen-bond acceptors (Lipinski definition) is 3. The topological polar surface area (TPSA) is 51.2 Å². The summed E-state index contributed by atoms with van der Waals surface area (Å²) in [6, 6.07) is 7.78. The summed E-state index contributed by atoms with van der Waals surface area (Å²) in [5, 5.41) is 0. The highest BCUT2D eigenvalue weighted by atomic mass is 32.2. The van der Waals surface area contributed by atoms with Crippen LogP contribution in [0.5, 0.6) is 0 Å². The van der Waals surface area contributed by atoms with Gasteiger partial charge in [-0.2, -0.15) is 0 Å². The summed E-state index contributed by atoms with van der Waals surface area (Å²) in [5.41, 5.74) is 1.96. The SMILES string of the molecule is O=C(c1ccc(C2CCC2)cc1)C1CCS(=O)(=O)C1. The number of benzene rings is 1. The van der Waals surface area contributed by atoms with Gasteiger partial charge in [0.1, 0.15) is 0 Å². The average Bonchev–Trinajstić information content (AvgIpc) is 2.68. The van der Waals surface area contributed by atoms with Crippen LogP contribution in [0.3, 0.4) is 0 Å².